The number of ketones is 1. The minimum Gasteiger partial charge on any atom is -0.339 e. The van der Waals surface area contributed by atoms with Crippen molar-refractivity contribution in [2.75, 3.05) is 13.1 Å². The van der Waals surface area contributed by atoms with Gasteiger partial charge in [0.25, 0.3) is 5.91 Å². The van der Waals surface area contributed by atoms with E-state index in [1.54, 1.807) is 4.90 Å². The lowest BCUT2D eigenvalue weighted by Crippen LogP contribution is -2.40. The van der Waals surface area contributed by atoms with Crippen LogP contribution in [0, 0.1) is 17.6 Å². The highest BCUT2D eigenvalue weighted by Gasteiger charge is 2.30. The molecule has 1 aromatic heterocycles. The molecule has 2 aromatic carbocycles. The zero-order chi connectivity index (χ0) is 22.1. The van der Waals surface area contributed by atoms with E-state index in [2.05, 4.69) is 4.98 Å². The number of piperidine rings is 1. The second kappa shape index (κ2) is 8.53. The van der Waals surface area contributed by atoms with E-state index in [9.17, 15) is 18.4 Å². The Labute approximate surface area is 179 Å². The highest BCUT2D eigenvalue weighted by Crippen LogP contribution is 2.27. The maximum Gasteiger partial charge on any atom is 0.254 e. The number of carbonyl (C=O) groups excluding carboxylic acids is 2. The van der Waals surface area contributed by atoms with E-state index < -0.39 is 23.3 Å². The molecule has 1 aliphatic rings. The predicted octanol–water partition coefficient (Wildman–Crippen LogP) is 5.37. The van der Waals surface area contributed by atoms with E-state index in [-0.39, 0.29) is 17.4 Å². The molecule has 4 rings (SSSR count). The summed E-state index contributed by atoms with van der Waals surface area (Å²) >= 11 is 0. The molecule has 4 nitrogen and oxygen atoms in total. The van der Waals surface area contributed by atoms with Crippen LogP contribution in [0.4, 0.5) is 8.78 Å². The molecule has 1 fully saturated rings. The van der Waals surface area contributed by atoms with Gasteiger partial charge in [-0.2, -0.15) is 0 Å². The number of halogens is 2. The average Bonchev–Trinajstić information content (AvgIpc) is 2.79. The number of fused-ring (bicyclic) bond motifs is 1. The third kappa shape index (κ3) is 4.20. The third-order valence-electron chi connectivity index (χ3n) is 5.90. The molecule has 0 radical (unpaired) electrons. The van der Waals surface area contributed by atoms with E-state index in [1.807, 2.05) is 44.2 Å². The summed E-state index contributed by atoms with van der Waals surface area (Å²) in [5.74, 6) is -2.09. The number of nitrogens with zero attached hydrogens (tertiary/aromatic N) is 2. The minimum atomic E-state index is -0.714. The Bertz CT molecular complexity index is 1150. The van der Waals surface area contributed by atoms with E-state index in [4.69, 9.17) is 0 Å². The van der Waals surface area contributed by atoms with E-state index in [0.29, 0.717) is 31.5 Å². The van der Waals surface area contributed by atoms with Crippen LogP contribution in [0.2, 0.25) is 0 Å². The first-order valence-corrected chi connectivity index (χ1v) is 10.5. The van der Waals surface area contributed by atoms with Gasteiger partial charge in [0.15, 0.2) is 5.78 Å². The fourth-order valence-electron chi connectivity index (χ4n) is 4.09. The molecule has 1 aliphatic heterocycles. The SMILES string of the molecule is CC(C)c1cc(C(=O)N2CCC(C(=O)c3cc(F)ccc3F)CC2)c2ccccc2n1. The van der Waals surface area contributed by atoms with Gasteiger partial charge in [-0.05, 0) is 49.1 Å². The lowest BCUT2D eigenvalue weighted by atomic mass is 9.88. The molecule has 0 aliphatic carbocycles. The Kier molecular flexibility index (Phi) is 5.81. The molecule has 0 atom stereocenters. The summed E-state index contributed by atoms with van der Waals surface area (Å²) in [4.78, 5) is 32.4. The fraction of sp³-hybridized carbons (Fsp3) is 0.320. The second-order valence-electron chi connectivity index (χ2n) is 8.32. The number of aromatic nitrogens is 1. The van der Waals surface area contributed by atoms with Crippen molar-refractivity contribution in [1.29, 1.82) is 0 Å². The molecule has 1 saturated heterocycles. The van der Waals surface area contributed by atoms with Crippen LogP contribution in [0.3, 0.4) is 0 Å². The Balaban J connectivity index is 1.54. The van der Waals surface area contributed by atoms with Crippen LogP contribution in [0.25, 0.3) is 10.9 Å². The Morgan fingerprint density at radius 1 is 1.00 bits per heavy atom. The number of hydrogen-bond donors (Lipinski definition) is 0. The van der Waals surface area contributed by atoms with Crippen molar-refractivity contribution < 1.29 is 18.4 Å². The largest absolute Gasteiger partial charge is 0.339 e. The molecular weight excluding hydrogens is 398 g/mol. The zero-order valence-corrected chi connectivity index (χ0v) is 17.6. The first-order valence-electron chi connectivity index (χ1n) is 10.5. The van der Waals surface area contributed by atoms with E-state index in [0.717, 1.165) is 34.8 Å². The van der Waals surface area contributed by atoms with Crippen LogP contribution in [0.15, 0.2) is 48.5 Å². The maximum atomic E-state index is 14.0. The van der Waals surface area contributed by atoms with Crippen molar-refractivity contribution in [1.82, 2.24) is 9.88 Å². The lowest BCUT2D eigenvalue weighted by molar-refractivity contribution is 0.0650. The van der Waals surface area contributed by atoms with Crippen LogP contribution in [-0.2, 0) is 0 Å². The van der Waals surface area contributed by atoms with Gasteiger partial charge in [-0.25, -0.2) is 8.78 Å². The molecular formula is C25H24F2N2O2. The van der Waals surface area contributed by atoms with Crippen molar-refractivity contribution >= 4 is 22.6 Å². The summed E-state index contributed by atoms with van der Waals surface area (Å²) in [6.45, 7) is 4.85. The minimum absolute atomic E-state index is 0.0941. The van der Waals surface area contributed by atoms with Gasteiger partial charge in [-0.1, -0.05) is 32.0 Å². The summed E-state index contributed by atoms with van der Waals surface area (Å²) in [6.07, 6.45) is 0.834. The van der Waals surface area contributed by atoms with Crippen molar-refractivity contribution in [3.05, 3.63) is 77.0 Å². The van der Waals surface area contributed by atoms with Crippen molar-refractivity contribution in [2.45, 2.75) is 32.6 Å². The Hall–Kier alpha value is -3.15. The molecule has 0 saturated carbocycles. The highest BCUT2D eigenvalue weighted by atomic mass is 19.1. The molecule has 31 heavy (non-hydrogen) atoms. The van der Waals surface area contributed by atoms with Gasteiger partial charge in [0, 0.05) is 30.1 Å². The standard InChI is InChI=1S/C25H24F2N2O2/c1-15(2)23-14-19(18-5-3-4-6-22(18)28-23)25(31)29-11-9-16(10-12-29)24(30)20-13-17(26)7-8-21(20)27/h3-8,13-16H,9-12H2,1-2H3. The van der Waals surface area contributed by atoms with Gasteiger partial charge in [0.05, 0.1) is 16.6 Å². The van der Waals surface area contributed by atoms with Crippen molar-refractivity contribution in [3.63, 3.8) is 0 Å². The lowest BCUT2D eigenvalue weighted by Gasteiger charge is -2.32. The van der Waals surface area contributed by atoms with Crippen LogP contribution in [0.1, 0.15) is 59.0 Å². The zero-order valence-electron chi connectivity index (χ0n) is 17.6. The Morgan fingerprint density at radius 3 is 2.42 bits per heavy atom. The fourth-order valence-corrected chi connectivity index (χ4v) is 4.09. The first kappa shape index (κ1) is 21.1. The quantitative estimate of drug-likeness (QED) is 0.531. The monoisotopic (exact) mass is 422 g/mol. The number of benzene rings is 2. The highest BCUT2D eigenvalue weighted by molar-refractivity contribution is 6.06. The number of Topliss-reactive ketones (excluding diaryl/α,β-unsaturated/α-hetero) is 1. The summed E-state index contributed by atoms with van der Waals surface area (Å²) in [5.41, 5.74) is 2.03. The number of hydrogen-bond acceptors (Lipinski definition) is 3. The number of para-hydroxylation sites is 1. The smallest absolute Gasteiger partial charge is 0.254 e. The van der Waals surface area contributed by atoms with Gasteiger partial charge in [0.2, 0.25) is 0 Å². The molecule has 0 unspecified atom stereocenters. The number of carbonyl (C=O) groups is 2. The topological polar surface area (TPSA) is 50.3 Å². The van der Waals surface area contributed by atoms with Gasteiger partial charge in [-0.15, -0.1) is 0 Å². The molecule has 6 heteroatoms. The Morgan fingerprint density at radius 2 is 1.71 bits per heavy atom. The molecule has 160 valence electrons. The number of amides is 1. The van der Waals surface area contributed by atoms with Gasteiger partial charge in [-0.3, -0.25) is 14.6 Å². The normalized spacial score (nSPS) is 14.9. The number of rotatable bonds is 4. The first-order chi connectivity index (χ1) is 14.8. The summed E-state index contributed by atoms with van der Waals surface area (Å²) in [5, 5.41) is 0.803. The molecule has 3 aromatic rings. The van der Waals surface area contributed by atoms with Crippen molar-refractivity contribution in [2.24, 2.45) is 5.92 Å². The predicted molar refractivity (Wildman–Crippen MR) is 115 cm³/mol. The van der Waals surface area contributed by atoms with Gasteiger partial charge < -0.3 is 4.90 Å². The van der Waals surface area contributed by atoms with E-state index >= 15 is 0 Å². The summed E-state index contributed by atoms with van der Waals surface area (Å²) in [7, 11) is 0. The van der Waals surface area contributed by atoms with E-state index in [1.165, 1.54) is 0 Å². The average molecular weight is 422 g/mol. The molecule has 2 heterocycles. The molecule has 0 N–H and O–H groups in total. The van der Waals surface area contributed by atoms with Crippen LogP contribution < -0.4 is 0 Å². The van der Waals surface area contributed by atoms with Crippen molar-refractivity contribution in [3.8, 4) is 0 Å². The molecule has 0 spiro atoms. The van der Waals surface area contributed by atoms with Gasteiger partial charge in [0.1, 0.15) is 11.6 Å². The second-order valence-corrected chi connectivity index (χ2v) is 8.32. The third-order valence-corrected chi connectivity index (χ3v) is 5.90. The molecule has 1 amide bonds. The van der Waals surface area contributed by atoms with Crippen LogP contribution >= 0.6 is 0 Å². The summed E-state index contributed by atoms with van der Waals surface area (Å²) in [6, 6.07) is 12.4. The number of likely N-dealkylation sites (tertiary alicyclic amines) is 1. The molecule has 0 bridgehead atoms. The maximum absolute atomic E-state index is 14.0. The summed E-state index contributed by atoms with van der Waals surface area (Å²) < 4.78 is 27.5. The van der Waals surface area contributed by atoms with Crippen LogP contribution in [0.5, 0.6) is 0 Å². The van der Waals surface area contributed by atoms with Crippen LogP contribution in [-0.4, -0.2) is 34.7 Å². The van der Waals surface area contributed by atoms with Gasteiger partial charge >= 0.3 is 0 Å². The number of pyridine rings is 1.